The molecule has 3 aromatic heterocycles. The number of furan rings is 1. The Labute approximate surface area is 200 Å². The first-order chi connectivity index (χ1) is 16.3. The van der Waals surface area contributed by atoms with Crippen molar-refractivity contribution >= 4 is 22.1 Å². The van der Waals surface area contributed by atoms with Gasteiger partial charge in [0.2, 0.25) is 5.71 Å². The molecule has 0 spiro atoms. The maximum Gasteiger partial charge on any atom is 0.227 e. The van der Waals surface area contributed by atoms with Gasteiger partial charge >= 0.3 is 0 Å². The van der Waals surface area contributed by atoms with Crippen LogP contribution in [0.2, 0.25) is 0 Å². The lowest BCUT2D eigenvalue weighted by atomic mass is 9.64. The van der Waals surface area contributed by atoms with E-state index in [-0.39, 0.29) is 5.41 Å². The van der Waals surface area contributed by atoms with Crippen molar-refractivity contribution in [2.24, 2.45) is 11.8 Å². The van der Waals surface area contributed by atoms with E-state index < -0.39 is 0 Å². The Balaban J connectivity index is 1.71. The van der Waals surface area contributed by atoms with Gasteiger partial charge in [-0.15, -0.1) is 0 Å². The van der Waals surface area contributed by atoms with E-state index in [1.54, 1.807) is 0 Å². The fourth-order valence-corrected chi connectivity index (χ4v) is 6.42. The molecule has 0 aliphatic heterocycles. The molecule has 0 N–H and O–H groups in total. The van der Waals surface area contributed by atoms with Crippen molar-refractivity contribution in [3.05, 3.63) is 83.2 Å². The molecule has 0 bridgehead atoms. The third kappa shape index (κ3) is 2.64. The number of fused-ring (bicyclic) bond motifs is 6. The molecule has 0 fully saturated rings. The summed E-state index contributed by atoms with van der Waals surface area (Å²) in [7, 11) is 0. The molecular weight excluding hydrogens is 416 g/mol. The molecule has 2 aromatic carbocycles. The van der Waals surface area contributed by atoms with Crippen LogP contribution < -0.4 is 0 Å². The van der Waals surface area contributed by atoms with Crippen LogP contribution in [0, 0.1) is 25.7 Å². The van der Waals surface area contributed by atoms with Gasteiger partial charge < -0.3 is 4.42 Å². The van der Waals surface area contributed by atoms with Crippen molar-refractivity contribution in [3.63, 3.8) is 0 Å². The monoisotopic (exact) mass is 446 g/mol. The van der Waals surface area contributed by atoms with E-state index in [2.05, 4.69) is 95.1 Å². The standard InChI is InChI=1S/C31H30N2O/c1-17(2)31(18(3)4)25-10-8-7-9-21(25)23-16-24-22-12-11-20(6)27(26-15-19(5)13-14-32-26)28(22)34-30(24)33-29(23)31/h7-18H,1-6H3. The average Bonchev–Trinajstić information content (AvgIpc) is 3.30. The highest BCUT2D eigenvalue weighted by molar-refractivity contribution is 6.10. The number of nitrogens with zero attached hydrogens (tertiary/aromatic N) is 2. The highest BCUT2D eigenvalue weighted by atomic mass is 16.3. The van der Waals surface area contributed by atoms with Crippen LogP contribution in [0.1, 0.15) is 50.1 Å². The number of hydrogen-bond donors (Lipinski definition) is 0. The molecule has 1 aliphatic rings. The van der Waals surface area contributed by atoms with Gasteiger partial charge in [-0.2, -0.15) is 0 Å². The summed E-state index contributed by atoms with van der Waals surface area (Å²) >= 11 is 0. The summed E-state index contributed by atoms with van der Waals surface area (Å²) in [5, 5.41) is 2.17. The van der Waals surface area contributed by atoms with Crippen molar-refractivity contribution in [2.45, 2.75) is 47.0 Å². The molecule has 0 saturated heterocycles. The number of pyridine rings is 2. The maximum atomic E-state index is 6.58. The van der Waals surface area contributed by atoms with Crippen LogP contribution in [0.15, 0.2) is 65.2 Å². The van der Waals surface area contributed by atoms with Crippen LogP contribution >= 0.6 is 0 Å². The van der Waals surface area contributed by atoms with Crippen molar-refractivity contribution in [2.75, 3.05) is 0 Å². The molecular formula is C31H30N2O. The highest BCUT2D eigenvalue weighted by Gasteiger charge is 2.49. The lowest BCUT2D eigenvalue weighted by molar-refractivity contribution is 0.273. The number of aryl methyl sites for hydroxylation is 2. The Hall–Kier alpha value is -3.46. The molecule has 0 unspecified atom stereocenters. The quantitative estimate of drug-likeness (QED) is 0.280. The minimum atomic E-state index is -0.143. The first-order valence-electron chi connectivity index (χ1n) is 12.2. The van der Waals surface area contributed by atoms with E-state index in [0.29, 0.717) is 17.5 Å². The summed E-state index contributed by atoms with van der Waals surface area (Å²) in [6.45, 7) is 13.5. The van der Waals surface area contributed by atoms with Crippen LogP contribution in [-0.2, 0) is 5.41 Å². The van der Waals surface area contributed by atoms with Gasteiger partial charge in [-0.1, -0.05) is 64.1 Å². The lowest BCUT2D eigenvalue weighted by Crippen LogP contribution is -2.38. The zero-order valence-electron chi connectivity index (χ0n) is 20.7. The van der Waals surface area contributed by atoms with E-state index in [0.717, 1.165) is 38.9 Å². The molecule has 3 nitrogen and oxygen atoms in total. The molecule has 0 saturated carbocycles. The normalized spacial score (nSPS) is 14.4. The maximum absolute atomic E-state index is 6.58. The van der Waals surface area contributed by atoms with Crippen molar-refractivity contribution in [3.8, 4) is 22.4 Å². The highest BCUT2D eigenvalue weighted by Crippen LogP contribution is 2.56. The molecule has 170 valence electrons. The fourth-order valence-electron chi connectivity index (χ4n) is 6.42. The van der Waals surface area contributed by atoms with Crippen LogP contribution in [-0.4, -0.2) is 9.97 Å². The second-order valence-electron chi connectivity index (χ2n) is 10.4. The Morgan fingerprint density at radius 3 is 2.32 bits per heavy atom. The summed E-state index contributed by atoms with van der Waals surface area (Å²) in [6, 6.07) is 19.7. The second-order valence-corrected chi connectivity index (χ2v) is 10.4. The van der Waals surface area contributed by atoms with E-state index in [4.69, 9.17) is 9.40 Å². The number of benzene rings is 2. The summed E-state index contributed by atoms with van der Waals surface area (Å²) in [5.41, 5.74) is 10.9. The Bertz CT molecular complexity index is 1580. The van der Waals surface area contributed by atoms with Gasteiger partial charge in [-0.25, -0.2) is 4.98 Å². The molecule has 0 atom stereocenters. The van der Waals surface area contributed by atoms with Gasteiger partial charge in [-0.3, -0.25) is 4.98 Å². The largest absolute Gasteiger partial charge is 0.437 e. The van der Waals surface area contributed by atoms with E-state index in [9.17, 15) is 0 Å². The molecule has 0 radical (unpaired) electrons. The summed E-state index contributed by atoms with van der Waals surface area (Å²) in [4.78, 5) is 9.97. The second kappa shape index (κ2) is 7.27. The predicted octanol–water partition coefficient (Wildman–Crippen LogP) is 8.24. The van der Waals surface area contributed by atoms with Crippen LogP contribution in [0.4, 0.5) is 0 Å². The Kier molecular flexibility index (Phi) is 4.51. The molecule has 34 heavy (non-hydrogen) atoms. The number of hydrogen-bond acceptors (Lipinski definition) is 3. The van der Waals surface area contributed by atoms with Crippen molar-refractivity contribution in [1.82, 2.24) is 9.97 Å². The number of rotatable bonds is 3. The van der Waals surface area contributed by atoms with Gasteiger partial charge in [0.05, 0.1) is 11.4 Å². The van der Waals surface area contributed by atoms with Crippen LogP contribution in [0.5, 0.6) is 0 Å². The molecule has 3 heteroatoms. The minimum Gasteiger partial charge on any atom is -0.437 e. The van der Waals surface area contributed by atoms with Crippen LogP contribution in [0.3, 0.4) is 0 Å². The molecule has 0 amide bonds. The SMILES string of the molecule is Cc1ccnc(-c2c(C)ccc3c2oc2nc4c(cc23)-c2ccccc2C4(C(C)C)C(C)C)c1. The molecule has 5 aromatic rings. The third-order valence-electron chi connectivity index (χ3n) is 7.89. The van der Waals surface area contributed by atoms with Gasteiger partial charge in [0.25, 0.3) is 0 Å². The fraction of sp³-hybridized carbons (Fsp3) is 0.290. The molecule has 3 heterocycles. The minimum absolute atomic E-state index is 0.143. The number of aromatic nitrogens is 2. The summed E-state index contributed by atoms with van der Waals surface area (Å²) < 4.78 is 6.58. The smallest absolute Gasteiger partial charge is 0.227 e. The average molecular weight is 447 g/mol. The first-order valence-corrected chi connectivity index (χ1v) is 12.2. The first kappa shape index (κ1) is 21.1. The lowest BCUT2D eigenvalue weighted by Gasteiger charge is -2.39. The van der Waals surface area contributed by atoms with E-state index >= 15 is 0 Å². The van der Waals surface area contributed by atoms with E-state index in [1.165, 1.54) is 22.3 Å². The zero-order valence-corrected chi connectivity index (χ0v) is 20.7. The van der Waals surface area contributed by atoms with Crippen LogP contribution in [0.25, 0.3) is 44.5 Å². The van der Waals surface area contributed by atoms with Gasteiger partial charge in [-0.05, 0) is 66.1 Å². The van der Waals surface area contributed by atoms with E-state index in [1.807, 2.05) is 12.3 Å². The Morgan fingerprint density at radius 1 is 0.824 bits per heavy atom. The predicted molar refractivity (Wildman–Crippen MR) is 140 cm³/mol. The molecule has 1 aliphatic carbocycles. The van der Waals surface area contributed by atoms with Gasteiger partial charge in [0.1, 0.15) is 5.58 Å². The van der Waals surface area contributed by atoms with Gasteiger partial charge in [0.15, 0.2) is 0 Å². The summed E-state index contributed by atoms with van der Waals surface area (Å²) in [5.74, 6) is 0.803. The van der Waals surface area contributed by atoms with Gasteiger partial charge in [0, 0.05) is 33.5 Å². The Morgan fingerprint density at radius 2 is 1.59 bits per heavy atom. The van der Waals surface area contributed by atoms with Crippen molar-refractivity contribution < 1.29 is 4.42 Å². The van der Waals surface area contributed by atoms with Crippen molar-refractivity contribution in [1.29, 1.82) is 0 Å². The topological polar surface area (TPSA) is 38.9 Å². The zero-order chi connectivity index (χ0) is 23.8. The summed E-state index contributed by atoms with van der Waals surface area (Å²) in [6.07, 6.45) is 1.87. The third-order valence-corrected chi connectivity index (χ3v) is 7.89. The molecule has 6 rings (SSSR count).